The van der Waals surface area contributed by atoms with Crippen LogP contribution in [0.5, 0.6) is 0 Å². The first-order valence-electron chi connectivity index (χ1n) is 5.97. The Morgan fingerprint density at radius 3 is 2.79 bits per heavy atom. The molecule has 0 radical (unpaired) electrons. The van der Waals surface area contributed by atoms with Gasteiger partial charge in [-0.2, -0.15) is 0 Å². The van der Waals surface area contributed by atoms with Gasteiger partial charge in [0.15, 0.2) is 5.76 Å². The number of furan rings is 1. The Bertz CT molecular complexity index is 552. The van der Waals surface area contributed by atoms with Crippen molar-refractivity contribution in [3.8, 4) is 0 Å². The van der Waals surface area contributed by atoms with Crippen molar-refractivity contribution >= 4 is 17.5 Å². The predicted molar refractivity (Wildman–Crippen MR) is 73.0 cm³/mol. The molecule has 0 spiro atoms. The Labute approximate surface area is 117 Å². The van der Waals surface area contributed by atoms with E-state index in [1.165, 1.54) is 0 Å². The molecule has 2 aromatic heterocycles. The van der Waals surface area contributed by atoms with Crippen molar-refractivity contribution in [1.29, 1.82) is 0 Å². The van der Waals surface area contributed by atoms with Gasteiger partial charge in [-0.05, 0) is 31.2 Å². The second-order valence-electron chi connectivity index (χ2n) is 4.30. The first-order valence-corrected chi connectivity index (χ1v) is 6.40. The summed E-state index contributed by atoms with van der Waals surface area (Å²) in [6, 6.07) is 8.97. The first kappa shape index (κ1) is 13.6. The van der Waals surface area contributed by atoms with Crippen LogP contribution < -0.4 is 0 Å². The molecule has 2 aromatic rings. The van der Waals surface area contributed by atoms with E-state index in [1.807, 2.05) is 18.2 Å². The quantitative estimate of drug-likeness (QED) is 0.807. The predicted octanol–water partition coefficient (Wildman–Crippen LogP) is 3.25. The van der Waals surface area contributed by atoms with E-state index in [2.05, 4.69) is 4.98 Å². The average molecular weight is 279 g/mol. The lowest BCUT2D eigenvalue weighted by Crippen LogP contribution is -2.26. The lowest BCUT2D eigenvalue weighted by Gasteiger charge is -2.15. The molecule has 0 fully saturated rings. The number of aromatic nitrogens is 1. The van der Waals surface area contributed by atoms with Gasteiger partial charge in [0, 0.05) is 13.2 Å². The molecule has 1 unspecified atom stereocenters. The van der Waals surface area contributed by atoms with Crippen LogP contribution in [0.2, 0.25) is 0 Å². The second kappa shape index (κ2) is 5.89. The van der Waals surface area contributed by atoms with Crippen molar-refractivity contribution < 1.29 is 9.21 Å². The Balaban J connectivity index is 2.06. The highest BCUT2D eigenvalue weighted by Gasteiger charge is 2.17. The molecule has 0 saturated heterocycles. The Morgan fingerprint density at radius 2 is 2.21 bits per heavy atom. The number of rotatable bonds is 4. The van der Waals surface area contributed by atoms with E-state index in [0.717, 1.165) is 5.69 Å². The second-order valence-corrected chi connectivity index (χ2v) is 4.95. The van der Waals surface area contributed by atoms with Gasteiger partial charge in [0.2, 0.25) is 0 Å². The molecule has 0 aliphatic rings. The molecule has 5 heteroatoms. The SMILES string of the molecule is CC(Cl)c1ccc(C(=O)N(C)Cc2ccccn2)o1. The van der Waals surface area contributed by atoms with Crippen LogP contribution in [0.25, 0.3) is 0 Å². The van der Waals surface area contributed by atoms with Crippen molar-refractivity contribution in [3.63, 3.8) is 0 Å². The van der Waals surface area contributed by atoms with Crippen LogP contribution in [0, 0.1) is 0 Å². The minimum atomic E-state index is -0.248. The van der Waals surface area contributed by atoms with E-state index >= 15 is 0 Å². The largest absolute Gasteiger partial charge is 0.454 e. The topological polar surface area (TPSA) is 46.3 Å². The van der Waals surface area contributed by atoms with Crippen molar-refractivity contribution in [2.75, 3.05) is 7.05 Å². The number of halogens is 1. The molecule has 4 nitrogen and oxygen atoms in total. The van der Waals surface area contributed by atoms with Gasteiger partial charge in [0.1, 0.15) is 5.76 Å². The van der Waals surface area contributed by atoms with Crippen LogP contribution in [-0.4, -0.2) is 22.8 Å². The summed E-state index contributed by atoms with van der Waals surface area (Å²) in [5.41, 5.74) is 0.829. The maximum absolute atomic E-state index is 12.1. The van der Waals surface area contributed by atoms with E-state index < -0.39 is 0 Å². The van der Waals surface area contributed by atoms with E-state index in [0.29, 0.717) is 18.1 Å². The van der Waals surface area contributed by atoms with Crippen molar-refractivity contribution in [3.05, 3.63) is 53.7 Å². The molecule has 2 heterocycles. The average Bonchev–Trinajstić information content (AvgIpc) is 2.88. The number of hydrogen-bond acceptors (Lipinski definition) is 3. The van der Waals surface area contributed by atoms with Crippen LogP contribution in [0.15, 0.2) is 40.9 Å². The Kier molecular flexibility index (Phi) is 4.22. The summed E-state index contributed by atoms with van der Waals surface area (Å²) < 4.78 is 5.42. The normalized spacial score (nSPS) is 12.2. The summed E-state index contributed by atoms with van der Waals surface area (Å²) in [7, 11) is 1.71. The summed E-state index contributed by atoms with van der Waals surface area (Å²) in [5.74, 6) is 0.700. The summed E-state index contributed by atoms with van der Waals surface area (Å²) in [5, 5.41) is -0.248. The Morgan fingerprint density at radius 1 is 1.42 bits per heavy atom. The molecule has 0 N–H and O–H groups in total. The highest BCUT2D eigenvalue weighted by atomic mass is 35.5. The number of hydrogen-bond donors (Lipinski definition) is 0. The van der Waals surface area contributed by atoms with Gasteiger partial charge in [-0.3, -0.25) is 9.78 Å². The molecule has 0 aliphatic carbocycles. The molecular weight excluding hydrogens is 264 g/mol. The number of carbonyl (C=O) groups excluding carboxylic acids is 1. The zero-order chi connectivity index (χ0) is 13.8. The molecule has 0 saturated carbocycles. The molecule has 1 amide bonds. The van der Waals surface area contributed by atoms with Gasteiger partial charge in [-0.15, -0.1) is 11.6 Å². The molecular formula is C14H15ClN2O2. The van der Waals surface area contributed by atoms with Gasteiger partial charge in [0.05, 0.1) is 17.6 Å². The van der Waals surface area contributed by atoms with Crippen LogP contribution in [-0.2, 0) is 6.54 Å². The van der Waals surface area contributed by atoms with Gasteiger partial charge in [0.25, 0.3) is 5.91 Å². The van der Waals surface area contributed by atoms with Crippen molar-refractivity contribution in [2.45, 2.75) is 18.8 Å². The zero-order valence-electron chi connectivity index (χ0n) is 10.8. The van der Waals surface area contributed by atoms with Crippen LogP contribution in [0.4, 0.5) is 0 Å². The molecule has 19 heavy (non-hydrogen) atoms. The van der Waals surface area contributed by atoms with Crippen molar-refractivity contribution in [1.82, 2.24) is 9.88 Å². The minimum absolute atomic E-state index is 0.186. The van der Waals surface area contributed by atoms with Gasteiger partial charge < -0.3 is 9.32 Å². The highest BCUT2D eigenvalue weighted by Crippen LogP contribution is 2.22. The third-order valence-electron chi connectivity index (χ3n) is 2.70. The monoisotopic (exact) mass is 278 g/mol. The number of alkyl halides is 1. The third-order valence-corrected chi connectivity index (χ3v) is 2.92. The van der Waals surface area contributed by atoms with Crippen molar-refractivity contribution in [2.24, 2.45) is 0 Å². The number of nitrogens with zero attached hydrogens (tertiary/aromatic N) is 2. The molecule has 0 aromatic carbocycles. The fourth-order valence-electron chi connectivity index (χ4n) is 1.68. The lowest BCUT2D eigenvalue weighted by molar-refractivity contribution is 0.0750. The summed E-state index contributed by atoms with van der Waals surface area (Å²) >= 11 is 5.90. The maximum Gasteiger partial charge on any atom is 0.289 e. The summed E-state index contributed by atoms with van der Waals surface area (Å²) in [4.78, 5) is 17.9. The summed E-state index contributed by atoms with van der Waals surface area (Å²) in [6.07, 6.45) is 1.70. The smallest absolute Gasteiger partial charge is 0.289 e. The van der Waals surface area contributed by atoms with E-state index in [-0.39, 0.29) is 11.3 Å². The minimum Gasteiger partial charge on any atom is -0.454 e. The Hall–Kier alpha value is -1.81. The number of carbonyl (C=O) groups is 1. The van der Waals surface area contributed by atoms with Crippen LogP contribution in [0.3, 0.4) is 0 Å². The van der Waals surface area contributed by atoms with Crippen LogP contribution in [0.1, 0.15) is 34.3 Å². The molecule has 100 valence electrons. The van der Waals surface area contributed by atoms with Gasteiger partial charge >= 0.3 is 0 Å². The van der Waals surface area contributed by atoms with Crippen LogP contribution >= 0.6 is 11.6 Å². The lowest BCUT2D eigenvalue weighted by atomic mass is 10.3. The fourth-order valence-corrected chi connectivity index (χ4v) is 1.79. The summed E-state index contributed by atoms with van der Waals surface area (Å²) in [6.45, 7) is 2.23. The maximum atomic E-state index is 12.1. The standard InChI is InChI=1S/C14H15ClN2O2/c1-10(15)12-6-7-13(19-12)14(18)17(2)9-11-5-3-4-8-16-11/h3-8,10H,9H2,1-2H3. The van der Waals surface area contributed by atoms with Gasteiger partial charge in [-0.25, -0.2) is 0 Å². The number of pyridine rings is 1. The zero-order valence-corrected chi connectivity index (χ0v) is 11.6. The molecule has 1 atom stereocenters. The fraction of sp³-hybridized carbons (Fsp3) is 0.286. The van der Waals surface area contributed by atoms with Gasteiger partial charge in [-0.1, -0.05) is 6.07 Å². The third kappa shape index (κ3) is 3.35. The van der Waals surface area contributed by atoms with E-state index in [1.54, 1.807) is 37.2 Å². The highest BCUT2D eigenvalue weighted by molar-refractivity contribution is 6.20. The van der Waals surface area contributed by atoms with E-state index in [9.17, 15) is 4.79 Å². The molecule has 0 bridgehead atoms. The molecule has 0 aliphatic heterocycles. The van der Waals surface area contributed by atoms with E-state index in [4.69, 9.17) is 16.0 Å². The number of amides is 1. The molecule has 2 rings (SSSR count). The first-order chi connectivity index (χ1) is 9.08.